The van der Waals surface area contributed by atoms with E-state index in [-0.39, 0.29) is 11.4 Å². The normalized spacial score (nSPS) is 20.1. The molecule has 1 aliphatic heterocycles. The summed E-state index contributed by atoms with van der Waals surface area (Å²) in [6.07, 6.45) is 2.42. The lowest BCUT2D eigenvalue weighted by Crippen LogP contribution is -2.37. The van der Waals surface area contributed by atoms with Gasteiger partial charge in [0.2, 0.25) is 0 Å². The van der Waals surface area contributed by atoms with Gasteiger partial charge in [-0.2, -0.15) is 0 Å². The highest BCUT2D eigenvalue weighted by molar-refractivity contribution is 5.97. The van der Waals surface area contributed by atoms with Crippen molar-refractivity contribution in [1.29, 1.82) is 0 Å². The largest absolute Gasteiger partial charge is 0.409 e. The first kappa shape index (κ1) is 15.7. The molecule has 0 radical (unpaired) electrons. The predicted molar refractivity (Wildman–Crippen MR) is 80.9 cm³/mol. The molecular weight excluding hydrogens is 271 g/mol. The lowest BCUT2D eigenvalue weighted by Gasteiger charge is -2.23. The van der Waals surface area contributed by atoms with Crippen LogP contribution in [0, 0.1) is 5.82 Å². The Morgan fingerprint density at radius 2 is 2.38 bits per heavy atom. The number of halogens is 1. The fourth-order valence-corrected chi connectivity index (χ4v) is 2.88. The fraction of sp³-hybridized carbons (Fsp3) is 0.533. The summed E-state index contributed by atoms with van der Waals surface area (Å²) in [5.41, 5.74) is 6.12. The molecular formula is C15H23FN4O. The number of nitrogens with two attached hydrogens (primary N) is 1. The lowest BCUT2D eigenvalue weighted by atomic mass is 10.1. The number of oxime groups is 1. The molecule has 0 amide bonds. The SMILES string of the molecule is CCN1CCCC1CNCc1cccc(/C(N)=N/O)c1F. The van der Waals surface area contributed by atoms with Crippen LogP contribution in [0.1, 0.15) is 30.9 Å². The molecule has 0 saturated carbocycles. The van der Waals surface area contributed by atoms with Crippen molar-refractivity contribution in [2.75, 3.05) is 19.6 Å². The second kappa shape index (κ2) is 7.38. The minimum Gasteiger partial charge on any atom is -0.409 e. The third-order valence-corrected chi connectivity index (χ3v) is 4.06. The van der Waals surface area contributed by atoms with Gasteiger partial charge in [-0.05, 0) is 32.0 Å². The van der Waals surface area contributed by atoms with Gasteiger partial charge in [-0.25, -0.2) is 4.39 Å². The van der Waals surface area contributed by atoms with E-state index < -0.39 is 5.82 Å². The molecule has 0 aliphatic carbocycles. The Morgan fingerprint density at radius 3 is 3.10 bits per heavy atom. The third kappa shape index (κ3) is 3.71. The van der Waals surface area contributed by atoms with Crippen molar-refractivity contribution >= 4 is 5.84 Å². The minimum atomic E-state index is -0.431. The molecule has 1 fully saturated rings. The number of hydrogen-bond acceptors (Lipinski definition) is 4. The highest BCUT2D eigenvalue weighted by Crippen LogP contribution is 2.16. The van der Waals surface area contributed by atoms with Gasteiger partial charge in [-0.3, -0.25) is 4.90 Å². The second-order valence-electron chi connectivity index (χ2n) is 5.32. The molecule has 0 bridgehead atoms. The summed E-state index contributed by atoms with van der Waals surface area (Å²) in [5.74, 6) is -0.638. The maximum absolute atomic E-state index is 14.2. The Hall–Kier alpha value is -1.66. The van der Waals surface area contributed by atoms with Gasteiger partial charge >= 0.3 is 0 Å². The average Bonchev–Trinajstić information content (AvgIpc) is 2.95. The predicted octanol–water partition coefficient (Wildman–Crippen LogP) is 1.49. The maximum atomic E-state index is 14.2. The number of nitrogens with zero attached hydrogens (tertiary/aromatic N) is 2. The number of amidine groups is 1. The molecule has 1 aromatic carbocycles. The molecule has 116 valence electrons. The van der Waals surface area contributed by atoms with Crippen molar-refractivity contribution in [2.45, 2.75) is 32.4 Å². The molecule has 1 heterocycles. The van der Waals surface area contributed by atoms with E-state index >= 15 is 0 Å². The van der Waals surface area contributed by atoms with Crippen molar-refractivity contribution in [1.82, 2.24) is 10.2 Å². The number of likely N-dealkylation sites (tertiary alicyclic amines) is 1. The number of nitrogens with one attached hydrogen (secondary N) is 1. The van der Waals surface area contributed by atoms with Crippen molar-refractivity contribution in [2.24, 2.45) is 10.9 Å². The first-order valence-electron chi connectivity index (χ1n) is 7.37. The molecule has 5 nitrogen and oxygen atoms in total. The van der Waals surface area contributed by atoms with Gasteiger partial charge in [-0.15, -0.1) is 0 Å². The summed E-state index contributed by atoms with van der Waals surface area (Å²) in [5, 5.41) is 14.8. The van der Waals surface area contributed by atoms with Crippen molar-refractivity contribution in [3.8, 4) is 0 Å². The monoisotopic (exact) mass is 294 g/mol. The van der Waals surface area contributed by atoms with Crippen LogP contribution in [0.5, 0.6) is 0 Å². The van der Waals surface area contributed by atoms with Crippen LogP contribution >= 0.6 is 0 Å². The highest BCUT2D eigenvalue weighted by Gasteiger charge is 2.22. The summed E-state index contributed by atoms with van der Waals surface area (Å²) in [6.45, 7) is 5.65. The smallest absolute Gasteiger partial charge is 0.173 e. The summed E-state index contributed by atoms with van der Waals surface area (Å²) in [7, 11) is 0. The van der Waals surface area contributed by atoms with Gasteiger partial charge in [0.25, 0.3) is 0 Å². The molecule has 1 atom stereocenters. The maximum Gasteiger partial charge on any atom is 0.173 e. The standard InChI is InChI=1S/C15H23FN4O/c1-2-20-8-4-6-12(20)10-18-9-11-5-3-7-13(14(11)16)15(17)19-21/h3,5,7,12,18,21H,2,4,6,8-10H2,1H3,(H2,17,19). The quantitative estimate of drug-likeness (QED) is 0.322. The zero-order chi connectivity index (χ0) is 15.2. The van der Waals surface area contributed by atoms with Crippen molar-refractivity contribution in [3.63, 3.8) is 0 Å². The van der Waals surface area contributed by atoms with Crippen LogP contribution in [-0.4, -0.2) is 41.6 Å². The molecule has 4 N–H and O–H groups in total. The van der Waals surface area contributed by atoms with Gasteiger partial charge in [0, 0.05) is 24.7 Å². The topological polar surface area (TPSA) is 73.9 Å². The van der Waals surface area contributed by atoms with Crippen LogP contribution < -0.4 is 11.1 Å². The van der Waals surface area contributed by atoms with E-state index in [1.165, 1.54) is 18.9 Å². The van der Waals surface area contributed by atoms with E-state index in [1.54, 1.807) is 12.1 Å². The molecule has 6 heteroatoms. The molecule has 2 rings (SSSR count). The zero-order valence-corrected chi connectivity index (χ0v) is 12.3. The van der Waals surface area contributed by atoms with Gasteiger partial charge < -0.3 is 16.3 Å². The van der Waals surface area contributed by atoms with Crippen LogP contribution in [0.25, 0.3) is 0 Å². The summed E-state index contributed by atoms with van der Waals surface area (Å²) in [6, 6.07) is 5.46. The Morgan fingerprint density at radius 1 is 1.57 bits per heavy atom. The van der Waals surface area contributed by atoms with E-state index in [2.05, 4.69) is 22.3 Å². The Balaban J connectivity index is 1.94. The van der Waals surface area contributed by atoms with Gasteiger partial charge in [-0.1, -0.05) is 24.2 Å². The van der Waals surface area contributed by atoms with Gasteiger partial charge in [0.1, 0.15) is 5.82 Å². The van der Waals surface area contributed by atoms with Crippen LogP contribution in [0.4, 0.5) is 4.39 Å². The van der Waals surface area contributed by atoms with Crippen molar-refractivity contribution < 1.29 is 9.60 Å². The lowest BCUT2D eigenvalue weighted by molar-refractivity contribution is 0.259. The average molecular weight is 294 g/mol. The first-order valence-corrected chi connectivity index (χ1v) is 7.37. The van der Waals surface area contributed by atoms with Crippen molar-refractivity contribution in [3.05, 3.63) is 35.1 Å². The number of likely N-dealkylation sites (N-methyl/N-ethyl adjacent to an activating group) is 1. The van der Waals surface area contributed by atoms with E-state index in [4.69, 9.17) is 10.9 Å². The number of benzene rings is 1. The molecule has 0 spiro atoms. The van der Waals surface area contributed by atoms with E-state index in [9.17, 15) is 4.39 Å². The first-order chi connectivity index (χ1) is 10.2. The van der Waals surface area contributed by atoms with E-state index in [1.807, 2.05) is 0 Å². The fourth-order valence-electron chi connectivity index (χ4n) is 2.88. The summed E-state index contributed by atoms with van der Waals surface area (Å²) < 4.78 is 14.2. The zero-order valence-electron chi connectivity index (χ0n) is 12.3. The molecule has 0 aromatic heterocycles. The number of hydrogen-bond donors (Lipinski definition) is 3. The third-order valence-electron chi connectivity index (χ3n) is 4.06. The molecule has 1 saturated heterocycles. The summed E-state index contributed by atoms with van der Waals surface area (Å²) in [4.78, 5) is 2.44. The van der Waals surface area contributed by atoms with Crippen LogP contribution in [0.3, 0.4) is 0 Å². The number of rotatable bonds is 6. The van der Waals surface area contributed by atoms with Crippen LogP contribution in [-0.2, 0) is 6.54 Å². The van der Waals surface area contributed by atoms with Gasteiger partial charge in [0.15, 0.2) is 5.84 Å². The van der Waals surface area contributed by atoms with Gasteiger partial charge in [0.05, 0.1) is 5.56 Å². The van der Waals surface area contributed by atoms with E-state index in [0.29, 0.717) is 18.2 Å². The van der Waals surface area contributed by atoms with Crippen LogP contribution in [0.15, 0.2) is 23.4 Å². The molecule has 1 aromatic rings. The Kier molecular flexibility index (Phi) is 5.52. The Bertz CT molecular complexity index is 506. The Labute approximate surface area is 124 Å². The second-order valence-corrected chi connectivity index (χ2v) is 5.32. The summed E-state index contributed by atoms with van der Waals surface area (Å²) >= 11 is 0. The molecule has 1 unspecified atom stereocenters. The highest BCUT2D eigenvalue weighted by atomic mass is 19.1. The van der Waals surface area contributed by atoms with Crippen LogP contribution in [0.2, 0.25) is 0 Å². The van der Waals surface area contributed by atoms with E-state index in [0.717, 1.165) is 19.6 Å². The molecule has 21 heavy (non-hydrogen) atoms. The minimum absolute atomic E-state index is 0.132. The molecule has 1 aliphatic rings.